The molecule has 0 radical (unpaired) electrons. The number of halogens is 1. The van der Waals surface area contributed by atoms with Gasteiger partial charge in [0.2, 0.25) is 0 Å². The van der Waals surface area contributed by atoms with Gasteiger partial charge in [-0.15, -0.1) is 12.4 Å². The molecule has 0 bridgehead atoms. The maximum absolute atomic E-state index is 11.4. The Hall–Kier alpha value is 0.400. The summed E-state index contributed by atoms with van der Waals surface area (Å²) < 4.78 is 11.4. The zero-order chi connectivity index (χ0) is 7.56. The highest BCUT2D eigenvalue weighted by atomic mass is 35.5. The quantitative estimate of drug-likeness (QED) is 0.678. The van der Waals surface area contributed by atoms with E-state index in [1.54, 1.807) is 0 Å². The van der Waals surface area contributed by atoms with E-state index in [-0.39, 0.29) is 12.4 Å². The molecule has 3 atom stereocenters. The second-order valence-electron chi connectivity index (χ2n) is 2.83. The van der Waals surface area contributed by atoms with Gasteiger partial charge in [0.1, 0.15) is 0 Å². The minimum Gasteiger partial charge on any atom is -0.314 e. The van der Waals surface area contributed by atoms with Gasteiger partial charge in [0, 0.05) is 34.4 Å². The van der Waals surface area contributed by atoms with Crippen molar-refractivity contribution < 1.29 is 4.21 Å². The minimum atomic E-state index is -0.585. The third-order valence-corrected chi connectivity index (χ3v) is 4.10. The lowest BCUT2D eigenvalue weighted by atomic mass is 10.3. The van der Waals surface area contributed by atoms with Crippen molar-refractivity contribution in [1.82, 2.24) is 5.32 Å². The highest BCUT2D eigenvalue weighted by Crippen LogP contribution is 2.10. The normalized spacial score (nSPS) is 37.8. The molecule has 4 heteroatoms. The van der Waals surface area contributed by atoms with Gasteiger partial charge < -0.3 is 5.32 Å². The van der Waals surface area contributed by atoms with Crippen molar-refractivity contribution in [2.45, 2.75) is 30.8 Å². The van der Waals surface area contributed by atoms with E-state index in [1.807, 2.05) is 6.92 Å². The molecule has 0 aromatic carbocycles. The number of rotatable bonds is 1. The predicted octanol–water partition coefficient (Wildman–Crippen LogP) is 0.927. The Balaban J connectivity index is 0.000001000. The van der Waals surface area contributed by atoms with Gasteiger partial charge in [-0.3, -0.25) is 4.21 Å². The van der Waals surface area contributed by atoms with E-state index in [0.717, 1.165) is 19.5 Å². The Bertz CT molecular complexity index is 142. The fourth-order valence-corrected chi connectivity index (χ4v) is 2.80. The number of hydrogen-bond donors (Lipinski definition) is 1. The lowest BCUT2D eigenvalue weighted by molar-refractivity contribution is 0.574. The van der Waals surface area contributed by atoms with Gasteiger partial charge in [0.15, 0.2) is 0 Å². The van der Waals surface area contributed by atoms with E-state index >= 15 is 0 Å². The summed E-state index contributed by atoms with van der Waals surface area (Å²) in [5.41, 5.74) is 0. The summed E-state index contributed by atoms with van der Waals surface area (Å²) in [6, 6.07) is 0. The molecule has 1 rings (SSSR count). The topological polar surface area (TPSA) is 29.1 Å². The third kappa shape index (κ3) is 2.73. The first-order valence-electron chi connectivity index (χ1n) is 3.85. The third-order valence-electron chi connectivity index (χ3n) is 1.98. The zero-order valence-corrected chi connectivity index (χ0v) is 8.63. The van der Waals surface area contributed by atoms with Crippen LogP contribution in [0.4, 0.5) is 0 Å². The van der Waals surface area contributed by atoms with Crippen LogP contribution >= 0.6 is 12.4 Å². The summed E-state index contributed by atoms with van der Waals surface area (Å²) in [5, 5.41) is 4.01. The van der Waals surface area contributed by atoms with Crippen LogP contribution in [0.5, 0.6) is 0 Å². The van der Waals surface area contributed by atoms with Crippen LogP contribution in [0.2, 0.25) is 0 Å². The molecule has 0 saturated carbocycles. The molecule has 1 aliphatic heterocycles. The van der Waals surface area contributed by atoms with E-state index in [1.165, 1.54) is 0 Å². The smallest absolute Gasteiger partial charge is 0.0473 e. The van der Waals surface area contributed by atoms with Crippen molar-refractivity contribution >= 4 is 23.2 Å². The van der Waals surface area contributed by atoms with E-state index in [9.17, 15) is 4.21 Å². The maximum Gasteiger partial charge on any atom is 0.0473 e. The predicted molar refractivity (Wildman–Crippen MR) is 51.8 cm³/mol. The van der Waals surface area contributed by atoms with Crippen LogP contribution in [0.3, 0.4) is 0 Å². The zero-order valence-electron chi connectivity index (χ0n) is 7.00. The van der Waals surface area contributed by atoms with Crippen molar-refractivity contribution in [2.75, 3.05) is 13.1 Å². The lowest BCUT2D eigenvalue weighted by Gasteiger charge is -2.26. The molecule has 2 nitrogen and oxygen atoms in total. The van der Waals surface area contributed by atoms with Crippen LogP contribution in [0.15, 0.2) is 0 Å². The van der Waals surface area contributed by atoms with Gasteiger partial charge in [0.05, 0.1) is 0 Å². The summed E-state index contributed by atoms with van der Waals surface area (Å²) in [6.07, 6.45) is 1.03. The second-order valence-corrected chi connectivity index (χ2v) is 4.96. The first-order chi connectivity index (χ1) is 4.75. The van der Waals surface area contributed by atoms with Crippen molar-refractivity contribution in [1.29, 1.82) is 0 Å². The van der Waals surface area contributed by atoms with E-state index in [0.29, 0.717) is 10.5 Å². The van der Waals surface area contributed by atoms with Crippen LogP contribution in [0.25, 0.3) is 0 Å². The molecule has 1 saturated heterocycles. The number of hydrogen-bond acceptors (Lipinski definition) is 2. The van der Waals surface area contributed by atoms with E-state index in [4.69, 9.17) is 0 Å². The standard InChI is InChI=1S/C7H15NOS.ClH/c1-3-7-5-8-4-6(2)10(7)9;/h6-8H,3-5H2,1-2H3;1H. The molecule has 0 aromatic heterocycles. The summed E-state index contributed by atoms with van der Waals surface area (Å²) >= 11 is 0. The van der Waals surface area contributed by atoms with Gasteiger partial charge >= 0.3 is 0 Å². The van der Waals surface area contributed by atoms with Crippen LogP contribution in [0.1, 0.15) is 20.3 Å². The molecule has 0 amide bonds. The highest BCUT2D eigenvalue weighted by Gasteiger charge is 2.24. The summed E-state index contributed by atoms with van der Waals surface area (Å²) in [5.74, 6) is 0. The SMILES string of the molecule is CCC1CNCC(C)S1=O.Cl. The van der Waals surface area contributed by atoms with Crippen molar-refractivity contribution in [2.24, 2.45) is 0 Å². The second kappa shape index (κ2) is 5.12. The van der Waals surface area contributed by atoms with Crippen LogP contribution in [-0.4, -0.2) is 27.8 Å². The summed E-state index contributed by atoms with van der Waals surface area (Å²) in [6.45, 7) is 6.00. The Morgan fingerprint density at radius 2 is 2.18 bits per heavy atom. The van der Waals surface area contributed by atoms with E-state index in [2.05, 4.69) is 12.2 Å². The fraction of sp³-hybridized carbons (Fsp3) is 1.00. The minimum absolute atomic E-state index is 0. The molecular weight excluding hydrogens is 182 g/mol. The van der Waals surface area contributed by atoms with Crippen LogP contribution < -0.4 is 5.32 Å². The average molecular weight is 198 g/mol. The fourth-order valence-electron chi connectivity index (χ4n) is 1.25. The van der Waals surface area contributed by atoms with Gasteiger partial charge in [-0.2, -0.15) is 0 Å². The number of nitrogens with one attached hydrogen (secondary N) is 1. The molecule has 0 aromatic rings. The molecule has 1 N–H and O–H groups in total. The molecule has 1 aliphatic rings. The lowest BCUT2D eigenvalue weighted by Crippen LogP contribution is -2.45. The maximum atomic E-state index is 11.4. The molecule has 11 heavy (non-hydrogen) atoms. The molecule has 3 unspecified atom stereocenters. The summed E-state index contributed by atoms with van der Waals surface area (Å²) in [7, 11) is -0.585. The largest absolute Gasteiger partial charge is 0.314 e. The summed E-state index contributed by atoms with van der Waals surface area (Å²) in [4.78, 5) is 0. The highest BCUT2D eigenvalue weighted by molar-refractivity contribution is 7.86. The van der Waals surface area contributed by atoms with Gasteiger partial charge in [-0.05, 0) is 13.3 Å². The van der Waals surface area contributed by atoms with Gasteiger partial charge in [0.25, 0.3) is 0 Å². The van der Waals surface area contributed by atoms with Crippen molar-refractivity contribution in [3.8, 4) is 0 Å². The van der Waals surface area contributed by atoms with Crippen molar-refractivity contribution in [3.63, 3.8) is 0 Å². The first kappa shape index (κ1) is 11.4. The Morgan fingerprint density at radius 1 is 1.55 bits per heavy atom. The molecular formula is C7H16ClNOS. The first-order valence-corrected chi connectivity index (χ1v) is 5.13. The molecule has 1 fully saturated rings. The van der Waals surface area contributed by atoms with Crippen LogP contribution in [-0.2, 0) is 10.8 Å². The van der Waals surface area contributed by atoms with Gasteiger partial charge in [-0.25, -0.2) is 0 Å². The molecule has 1 heterocycles. The Morgan fingerprint density at radius 3 is 2.64 bits per heavy atom. The van der Waals surface area contributed by atoms with Crippen LogP contribution in [0, 0.1) is 0 Å². The Kier molecular flexibility index (Phi) is 5.30. The van der Waals surface area contributed by atoms with E-state index < -0.39 is 10.8 Å². The van der Waals surface area contributed by atoms with Gasteiger partial charge in [-0.1, -0.05) is 6.92 Å². The molecule has 0 aliphatic carbocycles. The average Bonchev–Trinajstić information content (AvgIpc) is 1.95. The molecule has 0 spiro atoms. The molecule has 68 valence electrons. The van der Waals surface area contributed by atoms with Crippen molar-refractivity contribution in [3.05, 3.63) is 0 Å². The monoisotopic (exact) mass is 197 g/mol. The Labute approximate surface area is 77.0 Å².